The zero-order valence-electron chi connectivity index (χ0n) is 12.9. The van der Waals surface area contributed by atoms with Crippen LogP contribution >= 0.6 is 0 Å². The fraction of sp³-hybridized carbons (Fsp3) is 0.786. The van der Waals surface area contributed by atoms with Crippen LogP contribution in [-0.4, -0.2) is 47.3 Å². The fourth-order valence-corrected chi connectivity index (χ4v) is 2.16. The standard InChI is InChI=1S/C14H25N3O3/c1-8(2)7-15-13(19)10(5)16-11-6-12(18)17(9(3)4)14(11)20/h8-11,16H,6-7H2,1-5H3,(H,15,19). The number of likely N-dealkylation sites (tertiary alicyclic amines) is 1. The van der Waals surface area contributed by atoms with Gasteiger partial charge in [-0.3, -0.25) is 24.6 Å². The van der Waals surface area contributed by atoms with E-state index in [1.165, 1.54) is 4.90 Å². The molecule has 0 aromatic rings. The zero-order valence-corrected chi connectivity index (χ0v) is 12.9. The molecule has 114 valence electrons. The van der Waals surface area contributed by atoms with E-state index in [9.17, 15) is 14.4 Å². The molecule has 6 nitrogen and oxygen atoms in total. The van der Waals surface area contributed by atoms with Crippen molar-refractivity contribution in [1.29, 1.82) is 0 Å². The molecule has 2 unspecified atom stereocenters. The number of amides is 3. The smallest absolute Gasteiger partial charge is 0.247 e. The molecule has 0 spiro atoms. The average molecular weight is 283 g/mol. The Morgan fingerprint density at radius 2 is 1.85 bits per heavy atom. The number of rotatable bonds is 6. The molecule has 0 aromatic carbocycles. The molecule has 2 N–H and O–H groups in total. The second-order valence-electron chi connectivity index (χ2n) is 5.98. The maximum absolute atomic E-state index is 12.1. The first-order chi connectivity index (χ1) is 9.23. The summed E-state index contributed by atoms with van der Waals surface area (Å²) in [6, 6.07) is -1.24. The van der Waals surface area contributed by atoms with Gasteiger partial charge in [-0.25, -0.2) is 0 Å². The van der Waals surface area contributed by atoms with Gasteiger partial charge in [-0.1, -0.05) is 13.8 Å². The Balaban J connectivity index is 2.55. The third-order valence-electron chi connectivity index (χ3n) is 3.23. The maximum atomic E-state index is 12.1. The van der Waals surface area contributed by atoms with E-state index in [1.54, 1.807) is 20.8 Å². The Labute approximate surface area is 120 Å². The Morgan fingerprint density at radius 3 is 2.30 bits per heavy atom. The molecule has 0 bridgehead atoms. The van der Waals surface area contributed by atoms with Crippen LogP contribution in [0.3, 0.4) is 0 Å². The molecule has 6 heteroatoms. The monoisotopic (exact) mass is 283 g/mol. The second-order valence-corrected chi connectivity index (χ2v) is 5.98. The molecule has 0 aliphatic carbocycles. The van der Waals surface area contributed by atoms with Crippen molar-refractivity contribution in [3.63, 3.8) is 0 Å². The third-order valence-corrected chi connectivity index (χ3v) is 3.23. The number of imide groups is 1. The summed E-state index contributed by atoms with van der Waals surface area (Å²) in [6.07, 6.45) is 0.124. The number of nitrogens with zero attached hydrogens (tertiary/aromatic N) is 1. The van der Waals surface area contributed by atoms with Gasteiger partial charge in [-0.05, 0) is 26.7 Å². The Hall–Kier alpha value is -1.43. The Bertz CT molecular complexity index is 393. The summed E-state index contributed by atoms with van der Waals surface area (Å²) in [6.45, 7) is 9.93. The van der Waals surface area contributed by atoms with Crippen LogP contribution in [0.4, 0.5) is 0 Å². The van der Waals surface area contributed by atoms with Crippen molar-refractivity contribution in [2.75, 3.05) is 6.54 Å². The highest BCUT2D eigenvalue weighted by Gasteiger charge is 2.40. The molecule has 0 radical (unpaired) electrons. The van der Waals surface area contributed by atoms with Gasteiger partial charge in [0.05, 0.1) is 18.5 Å². The van der Waals surface area contributed by atoms with Crippen molar-refractivity contribution in [3.05, 3.63) is 0 Å². The van der Waals surface area contributed by atoms with E-state index in [-0.39, 0.29) is 30.2 Å². The Kier molecular flexibility index (Phi) is 5.68. The van der Waals surface area contributed by atoms with Gasteiger partial charge in [0.15, 0.2) is 0 Å². The summed E-state index contributed by atoms with van der Waals surface area (Å²) < 4.78 is 0. The van der Waals surface area contributed by atoms with Gasteiger partial charge in [0.25, 0.3) is 0 Å². The third kappa shape index (κ3) is 4.03. The lowest BCUT2D eigenvalue weighted by Gasteiger charge is -2.21. The van der Waals surface area contributed by atoms with E-state index >= 15 is 0 Å². The van der Waals surface area contributed by atoms with E-state index < -0.39 is 12.1 Å². The van der Waals surface area contributed by atoms with Crippen LogP contribution in [0.15, 0.2) is 0 Å². The van der Waals surface area contributed by atoms with Gasteiger partial charge in [0.2, 0.25) is 17.7 Å². The molecule has 1 aliphatic rings. The van der Waals surface area contributed by atoms with Crippen LogP contribution in [0.25, 0.3) is 0 Å². The van der Waals surface area contributed by atoms with Crippen molar-refractivity contribution in [2.45, 2.75) is 59.2 Å². The van der Waals surface area contributed by atoms with E-state index in [1.807, 2.05) is 13.8 Å². The first kappa shape index (κ1) is 16.6. The van der Waals surface area contributed by atoms with Gasteiger partial charge in [0, 0.05) is 12.6 Å². The molecular formula is C14H25N3O3. The number of carbonyl (C=O) groups is 3. The van der Waals surface area contributed by atoms with Gasteiger partial charge in [0.1, 0.15) is 0 Å². The van der Waals surface area contributed by atoms with Crippen molar-refractivity contribution < 1.29 is 14.4 Å². The van der Waals surface area contributed by atoms with Crippen LogP contribution in [0, 0.1) is 5.92 Å². The fourth-order valence-electron chi connectivity index (χ4n) is 2.16. The zero-order chi connectivity index (χ0) is 15.4. The summed E-state index contributed by atoms with van der Waals surface area (Å²) in [5.74, 6) is -0.204. The first-order valence-electron chi connectivity index (χ1n) is 7.13. The van der Waals surface area contributed by atoms with Gasteiger partial charge in [-0.2, -0.15) is 0 Å². The average Bonchev–Trinajstić information content (AvgIpc) is 2.61. The second kappa shape index (κ2) is 6.83. The Morgan fingerprint density at radius 1 is 1.25 bits per heavy atom. The molecule has 20 heavy (non-hydrogen) atoms. The highest BCUT2D eigenvalue weighted by molar-refractivity contribution is 6.06. The predicted molar refractivity (Wildman–Crippen MR) is 75.8 cm³/mol. The van der Waals surface area contributed by atoms with Gasteiger partial charge >= 0.3 is 0 Å². The van der Waals surface area contributed by atoms with Crippen molar-refractivity contribution in [3.8, 4) is 0 Å². The quantitative estimate of drug-likeness (QED) is 0.686. The number of hydrogen-bond acceptors (Lipinski definition) is 4. The number of hydrogen-bond donors (Lipinski definition) is 2. The first-order valence-corrected chi connectivity index (χ1v) is 7.13. The SMILES string of the molecule is CC(C)CNC(=O)C(C)NC1CC(=O)N(C(C)C)C1=O. The van der Waals surface area contributed by atoms with Crippen LogP contribution < -0.4 is 10.6 Å². The van der Waals surface area contributed by atoms with Crippen LogP contribution in [0.1, 0.15) is 41.0 Å². The predicted octanol–water partition coefficient (Wildman–Crippen LogP) is 0.273. The molecule has 0 saturated carbocycles. The lowest BCUT2D eigenvalue weighted by Crippen LogP contribution is -2.50. The summed E-state index contributed by atoms with van der Waals surface area (Å²) in [5, 5.41) is 5.75. The molecule has 1 rings (SSSR count). The molecule has 1 heterocycles. The van der Waals surface area contributed by atoms with Crippen LogP contribution in [-0.2, 0) is 14.4 Å². The summed E-state index contributed by atoms with van der Waals surface area (Å²) >= 11 is 0. The normalized spacial score (nSPS) is 20.9. The summed E-state index contributed by atoms with van der Waals surface area (Å²) in [7, 11) is 0. The highest BCUT2D eigenvalue weighted by Crippen LogP contribution is 2.16. The lowest BCUT2D eigenvalue weighted by atomic mass is 10.2. The van der Waals surface area contributed by atoms with Crippen molar-refractivity contribution in [2.24, 2.45) is 5.92 Å². The van der Waals surface area contributed by atoms with Gasteiger partial charge < -0.3 is 5.32 Å². The highest BCUT2D eigenvalue weighted by atomic mass is 16.2. The van der Waals surface area contributed by atoms with Crippen molar-refractivity contribution in [1.82, 2.24) is 15.5 Å². The van der Waals surface area contributed by atoms with E-state index in [0.717, 1.165) is 0 Å². The largest absolute Gasteiger partial charge is 0.354 e. The summed E-state index contributed by atoms with van der Waals surface area (Å²) in [4.78, 5) is 37.0. The lowest BCUT2D eigenvalue weighted by molar-refractivity contribution is -0.140. The molecular weight excluding hydrogens is 258 g/mol. The number of carbonyl (C=O) groups excluding carboxylic acids is 3. The van der Waals surface area contributed by atoms with Crippen LogP contribution in [0.5, 0.6) is 0 Å². The van der Waals surface area contributed by atoms with E-state index in [0.29, 0.717) is 12.5 Å². The molecule has 1 saturated heterocycles. The van der Waals surface area contributed by atoms with E-state index in [2.05, 4.69) is 10.6 Å². The molecule has 0 aromatic heterocycles. The van der Waals surface area contributed by atoms with E-state index in [4.69, 9.17) is 0 Å². The maximum Gasteiger partial charge on any atom is 0.247 e. The molecule has 2 atom stereocenters. The minimum atomic E-state index is -0.593. The van der Waals surface area contributed by atoms with Crippen LogP contribution in [0.2, 0.25) is 0 Å². The topological polar surface area (TPSA) is 78.5 Å². The number of nitrogens with one attached hydrogen (secondary N) is 2. The molecule has 3 amide bonds. The van der Waals surface area contributed by atoms with Crippen molar-refractivity contribution >= 4 is 17.7 Å². The summed E-state index contributed by atoms with van der Waals surface area (Å²) in [5.41, 5.74) is 0. The minimum absolute atomic E-state index is 0.124. The molecule has 1 aliphatic heterocycles. The van der Waals surface area contributed by atoms with Gasteiger partial charge in [-0.15, -0.1) is 0 Å². The molecule has 1 fully saturated rings. The minimum Gasteiger partial charge on any atom is -0.354 e.